The number of urea groups is 1. The summed E-state index contributed by atoms with van der Waals surface area (Å²) >= 11 is 0. The Bertz CT molecular complexity index is 808. The predicted octanol–water partition coefficient (Wildman–Crippen LogP) is 1.64. The zero-order valence-electron chi connectivity index (χ0n) is 14.4. The molecular weight excluding hydrogens is 381 g/mol. The molecule has 2 rings (SSSR count). The molecule has 1 aromatic carbocycles. The van der Waals surface area contributed by atoms with E-state index >= 15 is 0 Å². The number of carbonyl (C=O) groups is 1. The van der Waals surface area contributed by atoms with Gasteiger partial charge in [-0.1, -0.05) is 0 Å². The predicted molar refractivity (Wildman–Crippen MR) is 83.1 cm³/mol. The van der Waals surface area contributed by atoms with Crippen molar-refractivity contribution < 1.29 is 45.6 Å². The van der Waals surface area contributed by atoms with E-state index in [0.717, 1.165) is 0 Å². The summed E-state index contributed by atoms with van der Waals surface area (Å²) in [5, 5.41) is 19.7. The number of likely N-dealkylation sites (N-methyl/N-ethyl adjacent to an activating group) is 2. The second-order valence-electron chi connectivity index (χ2n) is 6.27. The first kappa shape index (κ1) is 22.0. The molecule has 1 heterocycles. The highest BCUT2D eigenvalue weighted by atomic mass is 32.2. The summed E-state index contributed by atoms with van der Waals surface area (Å²) in [7, 11) is -0.671. The minimum Gasteiger partial charge on any atom is -0.741 e. The highest BCUT2D eigenvalue weighted by Gasteiger charge is 2.48. The zero-order chi connectivity index (χ0) is 20.7. The molecule has 1 fully saturated rings. The van der Waals surface area contributed by atoms with Crippen LogP contribution in [0.2, 0.25) is 0 Å². The van der Waals surface area contributed by atoms with Crippen LogP contribution in [-0.2, 0) is 10.1 Å². The smallest absolute Gasteiger partial charge is 0.485 e. The monoisotopic (exact) mass is 400 g/mol. The Kier molecular flexibility index (Phi) is 5.86. The number of rotatable bonds is 1. The number of aromatic hydroxyl groups is 2. The number of phenolic OH excluding ortho intramolecular Hbond substituents is 2. The minimum atomic E-state index is -6.09. The Balaban J connectivity index is 0.000000359. The van der Waals surface area contributed by atoms with Crippen LogP contribution in [0.5, 0.6) is 11.5 Å². The van der Waals surface area contributed by atoms with Gasteiger partial charge in [-0.25, -0.2) is 17.7 Å². The van der Waals surface area contributed by atoms with Crippen molar-refractivity contribution in [1.29, 1.82) is 0 Å². The van der Waals surface area contributed by atoms with E-state index in [-0.39, 0.29) is 28.1 Å². The average molecular weight is 400 g/mol. The molecule has 148 valence electrons. The molecule has 8 nitrogen and oxygen atoms in total. The number of halogens is 3. The summed E-state index contributed by atoms with van der Waals surface area (Å²) in [4.78, 5) is 13.7. The molecule has 2 amide bonds. The van der Waals surface area contributed by atoms with E-state index in [4.69, 9.17) is 13.0 Å². The van der Waals surface area contributed by atoms with Crippen LogP contribution < -0.4 is 0 Å². The van der Waals surface area contributed by atoms with Crippen molar-refractivity contribution in [1.82, 2.24) is 4.90 Å². The van der Waals surface area contributed by atoms with Gasteiger partial charge in [0.2, 0.25) is 0 Å². The SMILES string of the molecule is Cc1c(O)ccc(C2CN(C)C(=O)[N+]2(C)C)c1O.O=S(=O)([O-])C(F)(F)F. The Morgan fingerprint density at radius 3 is 2.08 bits per heavy atom. The maximum atomic E-state index is 12.0. The van der Waals surface area contributed by atoms with Crippen molar-refractivity contribution in [2.75, 3.05) is 27.7 Å². The van der Waals surface area contributed by atoms with Crippen molar-refractivity contribution in [3.8, 4) is 11.5 Å². The molecule has 26 heavy (non-hydrogen) atoms. The summed E-state index contributed by atoms with van der Waals surface area (Å²) in [6, 6.07) is 3.15. The Hall–Kier alpha value is -2.05. The van der Waals surface area contributed by atoms with Crippen LogP contribution in [0.3, 0.4) is 0 Å². The molecule has 0 radical (unpaired) electrons. The fraction of sp³-hybridized carbons (Fsp3) is 0.500. The third-order valence-electron chi connectivity index (χ3n) is 4.12. The van der Waals surface area contributed by atoms with Crippen molar-refractivity contribution >= 4 is 16.1 Å². The lowest BCUT2D eigenvalue weighted by Gasteiger charge is -2.27. The van der Waals surface area contributed by atoms with Crippen LogP contribution in [0, 0.1) is 6.92 Å². The number of hydrogen-bond donors (Lipinski definition) is 2. The van der Waals surface area contributed by atoms with Crippen molar-refractivity contribution in [3.63, 3.8) is 0 Å². The summed E-state index contributed by atoms with van der Waals surface area (Å²) < 4.78 is 59.1. The van der Waals surface area contributed by atoms with Gasteiger partial charge in [-0.2, -0.15) is 13.2 Å². The van der Waals surface area contributed by atoms with Crippen LogP contribution >= 0.6 is 0 Å². The molecule has 0 aliphatic carbocycles. The standard InChI is InChI=1S/C13H18N2O3.CHF3O3S/c1-8-11(16)6-5-9(12(8)17)10-7-14(2)13(18)15(10,3)4;2-1(3,4)8(5,6)7/h5-6,10H,7H2,1-4H3,(H-,16,17);(H,5,6,7). The molecule has 0 spiro atoms. The molecule has 1 aliphatic heterocycles. The Morgan fingerprint density at radius 2 is 1.73 bits per heavy atom. The third kappa shape index (κ3) is 4.19. The molecular formula is C14H19F3N2O6S. The van der Waals surface area contributed by atoms with Gasteiger partial charge in [0.1, 0.15) is 17.5 Å². The van der Waals surface area contributed by atoms with E-state index in [9.17, 15) is 28.2 Å². The van der Waals surface area contributed by atoms with Gasteiger partial charge >= 0.3 is 11.5 Å². The lowest BCUT2D eigenvalue weighted by molar-refractivity contribution is -0.831. The highest BCUT2D eigenvalue weighted by molar-refractivity contribution is 7.86. The van der Waals surface area contributed by atoms with E-state index in [1.54, 1.807) is 31.0 Å². The minimum absolute atomic E-state index is 0.0186. The summed E-state index contributed by atoms with van der Waals surface area (Å²) in [5.41, 5.74) is -4.49. The largest absolute Gasteiger partial charge is 0.741 e. The van der Waals surface area contributed by atoms with E-state index in [1.807, 2.05) is 14.1 Å². The van der Waals surface area contributed by atoms with E-state index < -0.39 is 15.6 Å². The number of quaternary nitrogens is 1. The summed E-state index contributed by atoms with van der Waals surface area (Å²) in [6.07, 6.45) is 0. The Labute approximate surface area is 148 Å². The topological polar surface area (TPSA) is 118 Å². The van der Waals surface area contributed by atoms with Gasteiger partial charge in [-0.15, -0.1) is 0 Å². The molecule has 12 heteroatoms. The van der Waals surface area contributed by atoms with Crippen LogP contribution in [0.1, 0.15) is 17.2 Å². The zero-order valence-corrected chi connectivity index (χ0v) is 15.2. The molecule has 0 bridgehead atoms. The average Bonchev–Trinajstić information content (AvgIpc) is 2.67. The number of carbonyl (C=O) groups excluding carboxylic acids is 1. The second-order valence-corrected chi connectivity index (χ2v) is 7.64. The molecule has 1 atom stereocenters. The molecule has 1 unspecified atom stereocenters. The maximum Gasteiger partial charge on any atom is 0.485 e. The van der Waals surface area contributed by atoms with Gasteiger partial charge in [-0.05, 0) is 19.1 Å². The van der Waals surface area contributed by atoms with Crippen molar-refractivity contribution in [2.45, 2.75) is 18.5 Å². The molecule has 1 saturated heterocycles. The highest BCUT2D eigenvalue weighted by Crippen LogP contribution is 2.40. The first-order valence-electron chi connectivity index (χ1n) is 7.14. The summed E-state index contributed by atoms with van der Waals surface area (Å²) in [5.74, 6) is 0.147. The molecule has 1 aromatic rings. The fourth-order valence-corrected chi connectivity index (χ4v) is 2.54. The number of alkyl halides is 3. The second kappa shape index (κ2) is 6.93. The Morgan fingerprint density at radius 1 is 1.27 bits per heavy atom. The van der Waals surface area contributed by atoms with Gasteiger partial charge in [0.05, 0.1) is 26.2 Å². The lowest BCUT2D eigenvalue weighted by Crippen LogP contribution is -2.44. The van der Waals surface area contributed by atoms with E-state index in [0.29, 0.717) is 17.7 Å². The third-order valence-corrected chi connectivity index (χ3v) is 4.69. The van der Waals surface area contributed by atoms with Crippen LogP contribution in [0.15, 0.2) is 12.1 Å². The van der Waals surface area contributed by atoms with Gasteiger partial charge in [-0.3, -0.25) is 4.90 Å². The summed E-state index contributed by atoms with van der Waals surface area (Å²) in [6.45, 7) is 2.22. The maximum absolute atomic E-state index is 12.0. The van der Waals surface area contributed by atoms with Crippen molar-refractivity contribution in [3.05, 3.63) is 23.3 Å². The first-order valence-corrected chi connectivity index (χ1v) is 8.55. The van der Waals surface area contributed by atoms with Gasteiger partial charge in [0.25, 0.3) is 0 Å². The fourth-order valence-electron chi connectivity index (χ4n) is 2.54. The number of benzene rings is 1. The lowest BCUT2D eigenvalue weighted by atomic mass is 10.0. The van der Waals surface area contributed by atoms with E-state index in [1.165, 1.54) is 0 Å². The number of hydrogen-bond acceptors (Lipinski definition) is 6. The normalized spacial score (nSPS) is 19.9. The van der Waals surface area contributed by atoms with Gasteiger partial charge < -0.3 is 14.8 Å². The number of phenols is 2. The number of nitrogens with zero attached hydrogens (tertiary/aromatic N) is 2. The molecule has 1 aliphatic rings. The van der Waals surface area contributed by atoms with E-state index in [2.05, 4.69) is 0 Å². The van der Waals surface area contributed by atoms with Crippen LogP contribution in [0.4, 0.5) is 18.0 Å². The van der Waals surface area contributed by atoms with Crippen LogP contribution in [-0.4, -0.2) is 71.8 Å². The quantitative estimate of drug-likeness (QED) is 0.420. The number of amides is 2. The molecule has 2 N–H and O–H groups in total. The van der Waals surface area contributed by atoms with Crippen molar-refractivity contribution in [2.24, 2.45) is 0 Å². The van der Waals surface area contributed by atoms with Gasteiger partial charge in [0.15, 0.2) is 10.1 Å². The molecule has 0 aromatic heterocycles. The molecule has 0 saturated carbocycles. The first-order chi connectivity index (χ1) is 11.5. The van der Waals surface area contributed by atoms with Crippen LogP contribution in [0.25, 0.3) is 0 Å². The van der Waals surface area contributed by atoms with Gasteiger partial charge in [0, 0.05) is 12.6 Å².